The first-order chi connectivity index (χ1) is 6.33. The predicted octanol–water partition coefficient (Wildman–Crippen LogP) is -0.304. The van der Waals surface area contributed by atoms with Gasteiger partial charge in [0.25, 0.3) is 0 Å². The third-order valence-electron chi connectivity index (χ3n) is 3.06. The van der Waals surface area contributed by atoms with Crippen molar-refractivity contribution in [2.45, 2.75) is 40.2 Å². The van der Waals surface area contributed by atoms with E-state index in [1.807, 2.05) is 0 Å². The van der Waals surface area contributed by atoms with Crippen LogP contribution in [-0.2, 0) is 9.71 Å². The Labute approximate surface area is 144 Å². The van der Waals surface area contributed by atoms with Crippen molar-refractivity contribution < 1.29 is 62.4 Å². The van der Waals surface area contributed by atoms with Gasteiger partial charge in [0, 0.05) is 0 Å². The van der Waals surface area contributed by atoms with Gasteiger partial charge in [0.2, 0.25) is 0 Å². The van der Waals surface area contributed by atoms with Crippen LogP contribution in [0.2, 0.25) is 0 Å². The van der Waals surface area contributed by atoms with E-state index in [4.69, 9.17) is 0 Å². The number of nitrogens with zero attached hydrogens (tertiary/aromatic N) is 1. The van der Waals surface area contributed by atoms with Gasteiger partial charge in [-0.15, -0.1) is 15.7 Å². The van der Waals surface area contributed by atoms with Crippen molar-refractivity contribution in [1.82, 2.24) is 0 Å². The van der Waals surface area contributed by atoms with Crippen LogP contribution in [0.5, 0.6) is 0 Å². The Bertz CT molecular complexity index is 285. The fraction of sp³-hybridized carbons (Fsp3) is 0.909. The molecule has 3 atom stereocenters. The molecule has 15 heavy (non-hydrogen) atoms. The Morgan fingerprint density at radius 1 is 1.27 bits per heavy atom. The molecule has 0 bridgehead atoms. The summed E-state index contributed by atoms with van der Waals surface area (Å²) in [6, 6.07) is 0.244. The second kappa shape index (κ2) is 6.65. The van der Waals surface area contributed by atoms with E-state index < -0.39 is 9.71 Å². The Morgan fingerprint density at radius 2 is 1.80 bits per heavy atom. The molecule has 0 N–H and O–H groups in total. The molecule has 0 spiro atoms. The molecule has 84 valence electrons. The zero-order valence-corrected chi connectivity index (χ0v) is 16.4. The van der Waals surface area contributed by atoms with Crippen LogP contribution in [0, 0.1) is 17.8 Å². The molecule has 1 heterocycles. The molecule has 1 saturated heterocycles. The van der Waals surface area contributed by atoms with Crippen LogP contribution in [0.3, 0.4) is 0 Å². The molecule has 1 rings (SSSR count). The smallest absolute Gasteiger partial charge is 0.579 e. The summed E-state index contributed by atoms with van der Waals surface area (Å²) in [5.74, 6) is 6.09. The Balaban J connectivity index is 0.00000196. The standard InChI is InChI=1S/C11H22NOS.Rb/c1-8(2)10-6-7-14(5,13)12-11(10)9(3)4;/h8-11H,5-7H2,1-4H3;/q-1;+1. The van der Waals surface area contributed by atoms with Crippen LogP contribution in [-0.4, -0.2) is 21.9 Å². The molecule has 1 aliphatic rings. The minimum Gasteiger partial charge on any atom is -0.579 e. The maximum absolute atomic E-state index is 11.8. The van der Waals surface area contributed by atoms with Crippen LogP contribution in [0.25, 0.3) is 4.72 Å². The summed E-state index contributed by atoms with van der Waals surface area (Å²) >= 11 is 0. The van der Waals surface area contributed by atoms with Crippen LogP contribution in [0.1, 0.15) is 34.1 Å². The minimum atomic E-state index is -2.12. The van der Waals surface area contributed by atoms with E-state index in [1.54, 1.807) is 0 Å². The molecular formula is C11H22NORbS. The van der Waals surface area contributed by atoms with Gasteiger partial charge in [-0.05, 0) is 18.1 Å². The van der Waals surface area contributed by atoms with E-state index in [0.29, 0.717) is 23.5 Å². The van der Waals surface area contributed by atoms with Gasteiger partial charge in [-0.2, -0.15) is 0 Å². The van der Waals surface area contributed by atoms with Crippen molar-refractivity contribution in [3.05, 3.63) is 4.72 Å². The molecule has 3 unspecified atom stereocenters. The molecule has 1 aliphatic heterocycles. The van der Waals surface area contributed by atoms with Gasteiger partial charge in [0.1, 0.15) is 0 Å². The minimum absolute atomic E-state index is 0. The zero-order chi connectivity index (χ0) is 10.9. The largest absolute Gasteiger partial charge is 1.00 e. The Kier molecular flexibility index (Phi) is 7.44. The average molecular weight is 302 g/mol. The fourth-order valence-corrected chi connectivity index (χ4v) is 3.78. The molecule has 1 fully saturated rings. The third kappa shape index (κ3) is 4.88. The summed E-state index contributed by atoms with van der Waals surface area (Å²) in [4.78, 5) is 0. The summed E-state index contributed by atoms with van der Waals surface area (Å²) in [6.07, 6.45) is 1.02. The molecule has 0 amide bonds. The second-order valence-electron chi connectivity index (χ2n) is 5.01. The van der Waals surface area contributed by atoms with Crippen LogP contribution >= 0.6 is 0 Å². The first kappa shape index (κ1) is 16.8. The molecule has 0 aliphatic carbocycles. The first-order valence-corrected chi connectivity index (χ1v) is 7.26. The molecule has 2 nitrogen and oxygen atoms in total. The zero-order valence-electron chi connectivity index (χ0n) is 10.7. The van der Waals surface area contributed by atoms with Crippen molar-refractivity contribution in [1.29, 1.82) is 0 Å². The predicted molar refractivity (Wildman–Crippen MR) is 65.1 cm³/mol. The maximum atomic E-state index is 11.8. The van der Waals surface area contributed by atoms with Gasteiger partial charge < -0.3 is 4.72 Å². The first-order valence-electron chi connectivity index (χ1n) is 5.40. The number of rotatable bonds is 2. The fourth-order valence-electron chi connectivity index (χ4n) is 2.19. The van der Waals surface area contributed by atoms with Crippen molar-refractivity contribution in [2.24, 2.45) is 17.8 Å². The maximum Gasteiger partial charge on any atom is 1.00 e. The van der Waals surface area contributed by atoms with Crippen LogP contribution in [0.4, 0.5) is 0 Å². The summed E-state index contributed by atoms with van der Waals surface area (Å²) < 4.78 is 16.2. The molecule has 4 heteroatoms. The molecule has 0 aromatic rings. The summed E-state index contributed by atoms with van der Waals surface area (Å²) in [5.41, 5.74) is 0. The topological polar surface area (TPSA) is 31.2 Å². The van der Waals surface area contributed by atoms with Crippen LogP contribution < -0.4 is 58.2 Å². The summed E-state index contributed by atoms with van der Waals surface area (Å²) in [7, 11) is -2.12. The van der Waals surface area contributed by atoms with Crippen molar-refractivity contribution >= 4 is 15.6 Å². The average Bonchev–Trinajstić information content (AvgIpc) is 2.01. The number of hydrogen-bond donors (Lipinski definition) is 0. The van der Waals surface area contributed by atoms with Crippen LogP contribution in [0.15, 0.2) is 0 Å². The van der Waals surface area contributed by atoms with E-state index in [2.05, 4.69) is 38.3 Å². The normalized spacial score (nSPS) is 36.7. The van der Waals surface area contributed by atoms with E-state index >= 15 is 0 Å². The SMILES string of the molecule is C=S1(=O)CCC(C(C)C)C(C(C)C)[N-]1.[Rb+]. The van der Waals surface area contributed by atoms with E-state index in [0.717, 1.165) is 6.42 Å². The summed E-state index contributed by atoms with van der Waals surface area (Å²) in [6.45, 7) is 8.77. The van der Waals surface area contributed by atoms with Gasteiger partial charge in [-0.3, -0.25) is 4.21 Å². The van der Waals surface area contributed by atoms with E-state index in [1.165, 1.54) is 0 Å². The third-order valence-corrected chi connectivity index (χ3v) is 4.56. The van der Waals surface area contributed by atoms with Gasteiger partial charge in [-0.1, -0.05) is 45.4 Å². The quantitative estimate of drug-likeness (QED) is 0.644. The van der Waals surface area contributed by atoms with Gasteiger partial charge in [-0.25, -0.2) is 0 Å². The van der Waals surface area contributed by atoms with Crippen molar-refractivity contribution in [2.75, 3.05) is 5.75 Å². The molecule has 0 aromatic carbocycles. The Hall–Kier alpha value is 1.79. The molecule has 0 aromatic heterocycles. The Morgan fingerprint density at radius 3 is 2.20 bits per heavy atom. The molecule has 0 saturated carbocycles. The van der Waals surface area contributed by atoms with Gasteiger partial charge in [0.05, 0.1) is 0 Å². The second-order valence-corrected chi connectivity index (χ2v) is 7.18. The van der Waals surface area contributed by atoms with Gasteiger partial charge in [0.15, 0.2) is 0 Å². The van der Waals surface area contributed by atoms with Crippen molar-refractivity contribution in [3.8, 4) is 0 Å². The monoisotopic (exact) mass is 301 g/mol. The van der Waals surface area contributed by atoms with Crippen molar-refractivity contribution in [3.63, 3.8) is 0 Å². The summed E-state index contributed by atoms with van der Waals surface area (Å²) in [5, 5.41) is 0. The molecular weight excluding hydrogens is 280 g/mol. The van der Waals surface area contributed by atoms with E-state index in [-0.39, 0.29) is 64.2 Å². The number of hydrogen-bond acceptors (Lipinski definition) is 1. The molecule has 0 radical (unpaired) electrons. The van der Waals surface area contributed by atoms with Gasteiger partial charge >= 0.3 is 58.2 Å². The van der Waals surface area contributed by atoms with E-state index in [9.17, 15) is 4.21 Å².